The molecule has 2 heterocycles. The van der Waals surface area contributed by atoms with Crippen molar-refractivity contribution in [3.05, 3.63) is 0 Å². The van der Waals surface area contributed by atoms with Gasteiger partial charge in [-0.3, -0.25) is 4.90 Å². The fourth-order valence-electron chi connectivity index (χ4n) is 5.09. The minimum atomic E-state index is 0.377. The van der Waals surface area contributed by atoms with Crippen molar-refractivity contribution in [3.8, 4) is 0 Å². The van der Waals surface area contributed by atoms with Gasteiger partial charge in [0.15, 0.2) is 0 Å². The average Bonchev–Trinajstić information content (AvgIpc) is 3.25. The summed E-state index contributed by atoms with van der Waals surface area (Å²) in [6, 6.07) is 0. The zero-order valence-corrected chi connectivity index (χ0v) is 13.7. The summed E-state index contributed by atoms with van der Waals surface area (Å²) in [5.74, 6) is 1.71. The number of hydrogen-bond donors (Lipinski definition) is 1. The summed E-state index contributed by atoms with van der Waals surface area (Å²) < 4.78 is 5.64. The number of ether oxygens (including phenoxy) is 1. The zero-order valence-electron chi connectivity index (χ0n) is 13.7. The normalized spacial score (nSPS) is 40.7. The summed E-state index contributed by atoms with van der Waals surface area (Å²) in [4.78, 5) is 2.92. The second kappa shape index (κ2) is 5.50. The van der Waals surface area contributed by atoms with E-state index in [1.54, 1.807) is 0 Å². The molecule has 2 saturated carbocycles. The highest BCUT2D eigenvalue weighted by Crippen LogP contribution is 2.45. The summed E-state index contributed by atoms with van der Waals surface area (Å²) in [6.07, 6.45) is 11.3. The summed E-state index contributed by atoms with van der Waals surface area (Å²) in [5.41, 5.74) is 0.845. The van der Waals surface area contributed by atoms with E-state index in [-0.39, 0.29) is 0 Å². The Morgan fingerprint density at radius 2 is 1.95 bits per heavy atom. The van der Waals surface area contributed by atoms with Crippen LogP contribution in [0.15, 0.2) is 0 Å². The molecule has 3 nitrogen and oxygen atoms in total. The summed E-state index contributed by atoms with van der Waals surface area (Å²) in [6.45, 7) is 8.26. The molecule has 4 aliphatic rings. The van der Waals surface area contributed by atoms with Crippen molar-refractivity contribution in [2.45, 2.75) is 69.4 Å². The molecule has 0 radical (unpaired) electrons. The Morgan fingerprint density at radius 3 is 2.62 bits per heavy atom. The molecule has 2 aliphatic carbocycles. The van der Waals surface area contributed by atoms with Gasteiger partial charge in [-0.15, -0.1) is 0 Å². The molecule has 0 bridgehead atoms. The van der Waals surface area contributed by atoms with Crippen LogP contribution in [0.5, 0.6) is 0 Å². The van der Waals surface area contributed by atoms with E-state index in [1.807, 2.05) is 0 Å². The van der Waals surface area contributed by atoms with E-state index in [0.29, 0.717) is 11.1 Å². The van der Waals surface area contributed by atoms with Gasteiger partial charge in [-0.2, -0.15) is 0 Å². The standard InChI is InChI=1S/C18H32N2O/c1-17(16-5-6-16)14-20(11-15-7-10-21-12-15)18(13-19-17)8-3-2-4-9-18/h15-16,19H,2-14H2,1H3. The van der Waals surface area contributed by atoms with E-state index < -0.39 is 0 Å². The first kappa shape index (κ1) is 14.5. The molecule has 0 aromatic rings. The Labute approximate surface area is 129 Å². The minimum Gasteiger partial charge on any atom is -0.381 e. The molecule has 1 N–H and O–H groups in total. The SMILES string of the molecule is CC1(C2CC2)CN(CC2CCOC2)C2(CCCCC2)CN1. The predicted octanol–water partition coefficient (Wildman–Crippen LogP) is 2.80. The third kappa shape index (κ3) is 2.77. The van der Waals surface area contributed by atoms with E-state index >= 15 is 0 Å². The molecule has 120 valence electrons. The lowest BCUT2D eigenvalue weighted by atomic mass is 9.75. The van der Waals surface area contributed by atoms with E-state index in [1.165, 1.54) is 71.0 Å². The van der Waals surface area contributed by atoms with Crippen molar-refractivity contribution < 1.29 is 4.74 Å². The van der Waals surface area contributed by atoms with Crippen molar-refractivity contribution >= 4 is 0 Å². The second-order valence-electron chi connectivity index (χ2n) is 8.44. The molecule has 4 fully saturated rings. The van der Waals surface area contributed by atoms with Gasteiger partial charge in [0.05, 0.1) is 6.61 Å². The van der Waals surface area contributed by atoms with Gasteiger partial charge in [-0.05, 0) is 50.9 Å². The predicted molar refractivity (Wildman–Crippen MR) is 85.4 cm³/mol. The molecule has 0 aromatic heterocycles. The van der Waals surface area contributed by atoms with Crippen LogP contribution in [0.3, 0.4) is 0 Å². The van der Waals surface area contributed by atoms with Gasteiger partial charge in [-0.25, -0.2) is 0 Å². The largest absolute Gasteiger partial charge is 0.381 e. The lowest BCUT2D eigenvalue weighted by Gasteiger charge is -2.56. The molecule has 1 spiro atoms. The summed E-state index contributed by atoms with van der Waals surface area (Å²) in [5, 5.41) is 4.00. The van der Waals surface area contributed by atoms with Gasteiger partial charge < -0.3 is 10.1 Å². The maximum atomic E-state index is 5.64. The van der Waals surface area contributed by atoms with E-state index in [2.05, 4.69) is 17.1 Å². The van der Waals surface area contributed by atoms with Crippen molar-refractivity contribution in [1.29, 1.82) is 0 Å². The molecule has 2 unspecified atom stereocenters. The number of hydrogen-bond acceptors (Lipinski definition) is 3. The van der Waals surface area contributed by atoms with Crippen LogP contribution in [-0.2, 0) is 4.74 Å². The highest BCUT2D eigenvalue weighted by Gasteiger charge is 2.51. The van der Waals surface area contributed by atoms with Gasteiger partial charge in [0.2, 0.25) is 0 Å². The molecular formula is C18H32N2O. The van der Waals surface area contributed by atoms with E-state index in [4.69, 9.17) is 4.74 Å². The first-order valence-electron chi connectivity index (χ1n) is 9.28. The molecule has 3 heteroatoms. The summed E-state index contributed by atoms with van der Waals surface area (Å²) in [7, 11) is 0. The number of rotatable bonds is 3. The molecule has 2 aliphatic heterocycles. The number of nitrogens with zero attached hydrogens (tertiary/aromatic N) is 1. The molecule has 21 heavy (non-hydrogen) atoms. The Kier molecular flexibility index (Phi) is 3.79. The first-order valence-corrected chi connectivity index (χ1v) is 9.28. The molecular weight excluding hydrogens is 260 g/mol. The van der Waals surface area contributed by atoms with Crippen molar-refractivity contribution in [2.24, 2.45) is 11.8 Å². The van der Waals surface area contributed by atoms with E-state index in [0.717, 1.165) is 25.0 Å². The smallest absolute Gasteiger partial charge is 0.0507 e. The van der Waals surface area contributed by atoms with Crippen LogP contribution in [0.4, 0.5) is 0 Å². The Bertz CT molecular complexity index is 369. The van der Waals surface area contributed by atoms with Crippen LogP contribution in [0.2, 0.25) is 0 Å². The quantitative estimate of drug-likeness (QED) is 0.865. The maximum Gasteiger partial charge on any atom is 0.0507 e. The van der Waals surface area contributed by atoms with E-state index in [9.17, 15) is 0 Å². The van der Waals surface area contributed by atoms with Crippen LogP contribution in [-0.4, -0.2) is 48.8 Å². The highest BCUT2D eigenvalue weighted by atomic mass is 16.5. The van der Waals surface area contributed by atoms with Crippen molar-refractivity contribution in [3.63, 3.8) is 0 Å². The lowest BCUT2D eigenvalue weighted by molar-refractivity contribution is -0.0303. The van der Waals surface area contributed by atoms with Crippen LogP contribution >= 0.6 is 0 Å². The highest BCUT2D eigenvalue weighted by molar-refractivity contribution is 5.09. The number of nitrogens with one attached hydrogen (secondary N) is 1. The monoisotopic (exact) mass is 292 g/mol. The van der Waals surface area contributed by atoms with Crippen LogP contribution in [0.25, 0.3) is 0 Å². The van der Waals surface area contributed by atoms with Gasteiger partial charge in [-0.1, -0.05) is 19.3 Å². The number of piperazine rings is 1. The van der Waals surface area contributed by atoms with Crippen LogP contribution < -0.4 is 5.32 Å². The van der Waals surface area contributed by atoms with Gasteiger partial charge in [0.1, 0.15) is 0 Å². The van der Waals surface area contributed by atoms with Crippen molar-refractivity contribution in [1.82, 2.24) is 10.2 Å². The summed E-state index contributed by atoms with van der Waals surface area (Å²) >= 11 is 0. The van der Waals surface area contributed by atoms with Gasteiger partial charge in [0, 0.05) is 37.3 Å². The molecule has 2 atom stereocenters. The zero-order chi connectivity index (χ0) is 14.3. The van der Waals surface area contributed by atoms with Gasteiger partial charge >= 0.3 is 0 Å². The molecule has 0 amide bonds. The maximum absolute atomic E-state index is 5.64. The first-order chi connectivity index (χ1) is 10.2. The lowest BCUT2D eigenvalue weighted by Crippen LogP contribution is -2.70. The third-order valence-corrected chi connectivity index (χ3v) is 6.78. The van der Waals surface area contributed by atoms with Crippen LogP contribution in [0, 0.1) is 11.8 Å². The average molecular weight is 292 g/mol. The van der Waals surface area contributed by atoms with Crippen molar-refractivity contribution in [2.75, 3.05) is 32.8 Å². The topological polar surface area (TPSA) is 24.5 Å². The molecule has 4 rings (SSSR count). The Hall–Kier alpha value is -0.120. The second-order valence-corrected chi connectivity index (χ2v) is 8.44. The van der Waals surface area contributed by atoms with Crippen LogP contribution in [0.1, 0.15) is 58.3 Å². The third-order valence-electron chi connectivity index (χ3n) is 6.78. The molecule has 0 aromatic carbocycles. The Morgan fingerprint density at radius 1 is 1.14 bits per heavy atom. The molecule has 2 saturated heterocycles. The fraction of sp³-hybridized carbons (Fsp3) is 1.00. The van der Waals surface area contributed by atoms with Gasteiger partial charge in [0.25, 0.3) is 0 Å². The Balaban J connectivity index is 1.51. The fourth-order valence-corrected chi connectivity index (χ4v) is 5.09. The minimum absolute atomic E-state index is 0.377.